The zero-order chi connectivity index (χ0) is 8.97. The molecule has 62 valence electrons. The van der Waals surface area contributed by atoms with Crippen molar-refractivity contribution in [3.8, 4) is 0 Å². The number of methoxy groups -OCH3 is 1. The van der Waals surface area contributed by atoms with Gasteiger partial charge in [0, 0.05) is 12.4 Å². The van der Waals surface area contributed by atoms with Gasteiger partial charge in [0.2, 0.25) is 0 Å². The minimum atomic E-state index is -0.439. The SMILES string of the molecule is C=Cc1ncc(C(=O)OC)cn1. The van der Waals surface area contributed by atoms with Gasteiger partial charge in [-0.2, -0.15) is 0 Å². The lowest BCUT2D eigenvalue weighted by atomic mass is 10.3. The van der Waals surface area contributed by atoms with Crippen molar-refractivity contribution in [2.24, 2.45) is 0 Å². The Bertz CT molecular complexity index is 292. The first-order valence-electron chi connectivity index (χ1n) is 3.30. The molecule has 0 saturated heterocycles. The van der Waals surface area contributed by atoms with E-state index >= 15 is 0 Å². The van der Waals surface area contributed by atoms with E-state index in [9.17, 15) is 4.79 Å². The van der Waals surface area contributed by atoms with E-state index in [0.717, 1.165) is 0 Å². The van der Waals surface area contributed by atoms with Crippen LogP contribution < -0.4 is 0 Å². The van der Waals surface area contributed by atoms with Crippen molar-refractivity contribution >= 4 is 12.0 Å². The van der Waals surface area contributed by atoms with Crippen molar-refractivity contribution in [1.29, 1.82) is 0 Å². The lowest BCUT2D eigenvalue weighted by molar-refractivity contribution is 0.0599. The van der Waals surface area contributed by atoms with Crippen LogP contribution in [0.3, 0.4) is 0 Å². The molecule has 0 aliphatic rings. The first kappa shape index (κ1) is 8.39. The first-order chi connectivity index (χ1) is 5.77. The number of carbonyl (C=O) groups excluding carboxylic acids is 1. The van der Waals surface area contributed by atoms with Crippen molar-refractivity contribution < 1.29 is 9.53 Å². The fraction of sp³-hybridized carbons (Fsp3) is 0.125. The monoisotopic (exact) mass is 164 g/mol. The average molecular weight is 164 g/mol. The van der Waals surface area contributed by atoms with Crippen LogP contribution in [0.15, 0.2) is 19.0 Å². The van der Waals surface area contributed by atoms with Gasteiger partial charge in [0.15, 0.2) is 5.82 Å². The summed E-state index contributed by atoms with van der Waals surface area (Å²) >= 11 is 0. The molecular formula is C8H8N2O2. The van der Waals surface area contributed by atoms with Crippen LogP contribution in [0.5, 0.6) is 0 Å². The van der Waals surface area contributed by atoms with Crippen LogP contribution in [0.2, 0.25) is 0 Å². The van der Waals surface area contributed by atoms with Crippen molar-refractivity contribution in [3.05, 3.63) is 30.4 Å². The van der Waals surface area contributed by atoms with Gasteiger partial charge in [-0.15, -0.1) is 0 Å². The fourth-order valence-corrected chi connectivity index (χ4v) is 0.667. The predicted molar refractivity (Wildman–Crippen MR) is 43.5 cm³/mol. The smallest absolute Gasteiger partial charge is 0.341 e. The topological polar surface area (TPSA) is 52.1 Å². The molecule has 0 saturated carbocycles. The second-order valence-corrected chi connectivity index (χ2v) is 2.03. The molecule has 1 aromatic rings. The Morgan fingerprint density at radius 2 is 2.17 bits per heavy atom. The second kappa shape index (κ2) is 3.61. The molecule has 4 nitrogen and oxygen atoms in total. The molecule has 0 amide bonds. The minimum Gasteiger partial charge on any atom is -0.465 e. The zero-order valence-corrected chi connectivity index (χ0v) is 6.65. The van der Waals surface area contributed by atoms with Gasteiger partial charge in [0.25, 0.3) is 0 Å². The Hall–Kier alpha value is -1.71. The lowest BCUT2D eigenvalue weighted by Gasteiger charge is -1.96. The molecule has 0 radical (unpaired) electrons. The van der Waals surface area contributed by atoms with Gasteiger partial charge >= 0.3 is 5.97 Å². The summed E-state index contributed by atoms with van der Waals surface area (Å²) in [5.41, 5.74) is 0.336. The average Bonchev–Trinajstić information content (AvgIpc) is 2.17. The Morgan fingerprint density at radius 1 is 1.58 bits per heavy atom. The standard InChI is InChI=1S/C8H8N2O2/c1-3-7-9-4-6(5-10-7)8(11)12-2/h3-5H,1H2,2H3. The highest BCUT2D eigenvalue weighted by molar-refractivity contribution is 5.88. The Kier molecular flexibility index (Phi) is 2.53. The highest BCUT2D eigenvalue weighted by Gasteiger charge is 2.04. The fourth-order valence-electron chi connectivity index (χ4n) is 0.667. The third-order valence-electron chi connectivity index (χ3n) is 1.28. The van der Waals surface area contributed by atoms with Crippen LogP contribution >= 0.6 is 0 Å². The molecule has 1 heterocycles. The summed E-state index contributed by atoms with van der Waals surface area (Å²) in [6, 6.07) is 0. The number of hydrogen-bond acceptors (Lipinski definition) is 4. The van der Waals surface area contributed by atoms with E-state index in [0.29, 0.717) is 11.4 Å². The molecular weight excluding hydrogens is 156 g/mol. The largest absolute Gasteiger partial charge is 0.465 e. The predicted octanol–water partition coefficient (Wildman–Crippen LogP) is 0.906. The molecule has 4 heteroatoms. The van der Waals surface area contributed by atoms with Crippen LogP contribution in [0, 0.1) is 0 Å². The summed E-state index contributed by atoms with van der Waals surface area (Å²) in [7, 11) is 1.31. The lowest BCUT2D eigenvalue weighted by Crippen LogP contribution is -2.03. The summed E-state index contributed by atoms with van der Waals surface area (Å²) in [5, 5.41) is 0. The summed E-state index contributed by atoms with van der Waals surface area (Å²) in [5.74, 6) is 0.0493. The van der Waals surface area contributed by atoms with Crippen LogP contribution in [-0.4, -0.2) is 23.0 Å². The second-order valence-electron chi connectivity index (χ2n) is 2.03. The van der Waals surface area contributed by atoms with E-state index in [4.69, 9.17) is 0 Å². The molecule has 1 rings (SSSR count). The molecule has 1 aromatic heterocycles. The maximum atomic E-state index is 10.9. The Balaban J connectivity index is 2.91. The molecule has 0 bridgehead atoms. The van der Waals surface area contributed by atoms with Gasteiger partial charge in [0.1, 0.15) is 0 Å². The Labute approximate surface area is 69.9 Å². The molecule has 0 aliphatic heterocycles. The molecule has 0 N–H and O–H groups in total. The number of aromatic nitrogens is 2. The number of rotatable bonds is 2. The number of carbonyl (C=O) groups is 1. The van der Waals surface area contributed by atoms with E-state index in [1.807, 2.05) is 0 Å². The van der Waals surface area contributed by atoms with E-state index in [1.54, 1.807) is 0 Å². The molecule has 0 aliphatic carbocycles. The van der Waals surface area contributed by atoms with Gasteiger partial charge in [-0.3, -0.25) is 0 Å². The molecule has 0 aromatic carbocycles. The number of hydrogen-bond donors (Lipinski definition) is 0. The van der Waals surface area contributed by atoms with Gasteiger partial charge < -0.3 is 4.74 Å². The van der Waals surface area contributed by atoms with E-state index in [1.165, 1.54) is 25.6 Å². The summed E-state index contributed by atoms with van der Waals surface area (Å²) in [6.07, 6.45) is 4.30. The van der Waals surface area contributed by atoms with Crippen molar-refractivity contribution in [2.75, 3.05) is 7.11 Å². The molecule has 0 spiro atoms. The molecule has 12 heavy (non-hydrogen) atoms. The molecule has 0 fully saturated rings. The highest BCUT2D eigenvalue weighted by Crippen LogP contribution is 1.98. The number of ether oxygens (including phenoxy) is 1. The number of nitrogens with zero attached hydrogens (tertiary/aromatic N) is 2. The molecule has 0 unspecified atom stereocenters. The normalized spacial score (nSPS) is 9.08. The molecule has 0 atom stereocenters. The quantitative estimate of drug-likeness (QED) is 0.609. The summed E-state index contributed by atoms with van der Waals surface area (Å²) in [4.78, 5) is 18.6. The third-order valence-corrected chi connectivity index (χ3v) is 1.28. The Morgan fingerprint density at radius 3 is 2.58 bits per heavy atom. The van der Waals surface area contributed by atoms with Crippen LogP contribution in [0.25, 0.3) is 6.08 Å². The maximum Gasteiger partial charge on any atom is 0.341 e. The van der Waals surface area contributed by atoms with Crippen molar-refractivity contribution in [3.63, 3.8) is 0 Å². The van der Waals surface area contributed by atoms with Gasteiger partial charge in [-0.25, -0.2) is 14.8 Å². The first-order valence-corrected chi connectivity index (χ1v) is 3.30. The van der Waals surface area contributed by atoms with Gasteiger partial charge in [-0.1, -0.05) is 6.58 Å². The highest BCUT2D eigenvalue weighted by atomic mass is 16.5. The van der Waals surface area contributed by atoms with Crippen LogP contribution in [-0.2, 0) is 4.74 Å². The maximum absolute atomic E-state index is 10.9. The van der Waals surface area contributed by atoms with Gasteiger partial charge in [0.05, 0.1) is 12.7 Å². The minimum absolute atomic E-state index is 0.336. The summed E-state index contributed by atoms with van der Waals surface area (Å²) < 4.78 is 4.46. The van der Waals surface area contributed by atoms with Crippen LogP contribution in [0.4, 0.5) is 0 Å². The van der Waals surface area contributed by atoms with Crippen LogP contribution in [0.1, 0.15) is 16.2 Å². The van der Waals surface area contributed by atoms with Gasteiger partial charge in [-0.05, 0) is 6.08 Å². The van der Waals surface area contributed by atoms with E-state index < -0.39 is 5.97 Å². The van der Waals surface area contributed by atoms with E-state index in [-0.39, 0.29) is 0 Å². The van der Waals surface area contributed by atoms with Crippen molar-refractivity contribution in [2.45, 2.75) is 0 Å². The van der Waals surface area contributed by atoms with Crippen molar-refractivity contribution in [1.82, 2.24) is 9.97 Å². The third kappa shape index (κ3) is 1.66. The van der Waals surface area contributed by atoms with E-state index in [2.05, 4.69) is 21.3 Å². The number of esters is 1. The zero-order valence-electron chi connectivity index (χ0n) is 6.65. The summed E-state index contributed by atoms with van der Waals surface area (Å²) in [6.45, 7) is 3.48.